The molecule has 1 rings (SSSR count). The number of nitrogens with zero attached hydrogens (tertiary/aromatic N) is 2. The third-order valence-electron chi connectivity index (χ3n) is 2.15. The van der Waals surface area contributed by atoms with E-state index in [1.807, 2.05) is 6.07 Å². The standard InChI is InChI=1S/C12H14N2O2/c1-2-16-12(15)8-11-9-14-7-5-10(11)4-3-6-13/h5,7,9H,2-4,8H2,1H3. The molecule has 1 aromatic rings. The van der Waals surface area contributed by atoms with Crippen molar-refractivity contribution in [3.63, 3.8) is 0 Å². The Bertz CT molecular complexity index is 396. The second-order valence-corrected chi connectivity index (χ2v) is 3.28. The third kappa shape index (κ3) is 3.70. The number of aryl methyl sites for hydroxylation is 1. The van der Waals surface area contributed by atoms with Gasteiger partial charge in [-0.1, -0.05) is 0 Å². The summed E-state index contributed by atoms with van der Waals surface area (Å²) in [5.74, 6) is -0.256. The zero-order valence-electron chi connectivity index (χ0n) is 9.27. The van der Waals surface area contributed by atoms with E-state index in [1.54, 1.807) is 19.3 Å². The van der Waals surface area contributed by atoms with Crippen molar-refractivity contribution in [2.75, 3.05) is 6.61 Å². The minimum absolute atomic E-state index is 0.225. The molecule has 4 heteroatoms. The molecule has 1 heterocycles. The van der Waals surface area contributed by atoms with E-state index in [0.717, 1.165) is 11.1 Å². The molecule has 0 radical (unpaired) electrons. The number of hydrogen-bond acceptors (Lipinski definition) is 4. The number of esters is 1. The van der Waals surface area contributed by atoms with Crippen molar-refractivity contribution in [2.45, 2.75) is 26.2 Å². The molecule has 0 aliphatic heterocycles. The lowest BCUT2D eigenvalue weighted by atomic mass is 10.0. The van der Waals surface area contributed by atoms with Gasteiger partial charge in [-0.25, -0.2) is 0 Å². The van der Waals surface area contributed by atoms with Crippen molar-refractivity contribution in [1.29, 1.82) is 5.26 Å². The summed E-state index contributed by atoms with van der Waals surface area (Å²) in [7, 11) is 0. The number of rotatable bonds is 5. The van der Waals surface area contributed by atoms with Crippen LogP contribution in [-0.2, 0) is 22.4 Å². The molecule has 0 saturated carbocycles. The number of nitriles is 1. The van der Waals surface area contributed by atoms with Crippen molar-refractivity contribution >= 4 is 5.97 Å². The smallest absolute Gasteiger partial charge is 0.310 e. The first-order valence-corrected chi connectivity index (χ1v) is 5.22. The average molecular weight is 218 g/mol. The molecule has 0 atom stereocenters. The Morgan fingerprint density at radius 3 is 3.06 bits per heavy atom. The van der Waals surface area contributed by atoms with E-state index in [0.29, 0.717) is 19.4 Å². The lowest BCUT2D eigenvalue weighted by Crippen LogP contribution is -2.09. The van der Waals surface area contributed by atoms with E-state index < -0.39 is 0 Å². The molecule has 16 heavy (non-hydrogen) atoms. The van der Waals surface area contributed by atoms with Crippen molar-refractivity contribution in [1.82, 2.24) is 4.98 Å². The molecular weight excluding hydrogens is 204 g/mol. The molecule has 84 valence electrons. The summed E-state index contributed by atoms with van der Waals surface area (Å²) in [6.07, 6.45) is 4.64. The Hall–Kier alpha value is -1.89. The van der Waals surface area contributed by atoms with Gasteiger partial charge < -0.3 is 4.74 Å². The number of carbonyl (C=O) groups is 1. The summed E-state index contributed by atoms with van der Waals surface area (Å²) in [6.45, 7) is 2.16. The minimum Gasteiger partial charge on any atom is -0.466 e. The lowest BCUT2D eigenvalue weighted by Gasteiger charge is -2.06. The molecule has 0 bridgehead atoms. The van der Waals surface area contributed by atoms with Crippen LogP contribution in [0.1, 0.15) is 24.5 Å². The Kier molecular flexibility index (Phi) is 5.00. The molecule has 0 N–H and O–H groups in total. The predicted octanol–water partition coefficient (Wildman–Crippen LogP) is 1.64. The van der Waals surface area contributed by atoms with Gasteiger partial charge in [0.2, 0.25) is 0 Å². The van der Waals surface area contributed by atoms with E-state index in [9.17, 15) is 4.79 Å². The maximum absolute atomic E-state index is 11.3. The predicted molar refractivity (Wildman–Crippen MR) is 58.5 cm³/mol. The average Bonchev–Trinajstić information content (AvgIpc) is 2.28. The fraction of sp³-hybridized carbons (Fsp3) is 0.417. The van der Waals surface area contributed by atoms with Gasteiger partial charge in [0.15, 0.2) is 0 Å². The monoisotopic (exact) mass is 218 g/mol. The number of pyridine rings is 1. The molecule has 0 spiro atoms. The topological polar surface area (TPSA) is 63.0 Å². The molecule has 0 aliphatic rings. The maximum atomic E-state index is 11.3. The Labute approximate surface area is 94.9 Å². The first-order chi connectivity index (χ1) is 7.77. The highest BCUT2D eigenvalue weighted by molar-refractivity contribution is 5.72. The second kappa shape index (κ2) is 6.57. The van der Waals surface area contributed by atoms with Crippen molar-refractivity contribution in [3.05, 3.63) is 29.6 Å². The van der Waals surface area contributed by atoms with Crippen LogP contribution in [-0.4, -0.2) is 17.6 Å². The number of aromatic nitrogens is 1. The van der Waals surface area contributed by atoms with E-state index >= 15 is 0 Å². The van der Waals surface area contributed by atoms with Crippen molar-refractivity contribution in [2.24, 2.45) is 0 Å². The molecule has 0 aromatic carbocycles. The normalized spacial score (nSPS) is 9.50. The van der Waals surface area contributed by atoms with Crippen LogP contribution in [0.2, 0.25) is 0 Å². The van der Waals surface area contributed by atoms with Crippen LogP contribution in [0, 0.1) is 11.3 Å². The van der Waals surface area contributed by atoms with Crippen LogP contribution in [0.4, 0.5) is 0 Å². The van der Waals surface area contributed by atoms with E-state index in [4.69, 9.17) is 10.00 Å². The van der Waals surface area contributed by atoms with Crippen LogP contribution >= 0.6 is 0 Å². The Morgan fingerprint density at radius 1 is 1.56 bits per heavy atom. The van der Waals surface area contributed by atoms with Crippen LogP contribution in [0.15, 0.2) is 18.5 Å². The quantitative estimate of drug-likeness (QED) is 0.705. The van der Waals surface area contributed by atoms with E-state index in [2.05, 4.69) is 11.1 Å². The van der Waals surface area contributed by atoms with Gasteiger partial charge in [-0.05, 0) is 30.5 Å². The molecule has 0 unspecified atom stereocenters. The van der Waals surface area contributed by atoms with Gasteiger partial charge in [-0.15, -0.1) is 0 Å². The summed E-state index contributed by atoms with van der Waals surface area (Å²) >= 11 is 0. The van der Waals surface area contributed by atoms with Crippen LogP contribution in [0.5, 0.6) is 0 Å². The third-order valence-corrected chi connectivity index (χ3v) is 2.15. The Balaban J connectivity index is 2.71. The van der Waals surface area contributed by atoms with E-state index in [-0.39, 0.29) is 12.4 Å². The largest absolute Gasteiger partial charge is 0.466 e. The van der Waals surface area contributed by atoms with Gasteiger partial charge in [-0.2, -0.15) is 5.26 Å². The van der Waals surface area contributed by atoms with Crippen molar-refractivity contribution in [3.8, 4) is 6.07 Å². The van der Waals surface area contributed by atoms with Crippen molar-refractivity contribution < 1.29 is 9.53 Å². The lowest BCUT2D eigenvalue weighted by molar-refractivity contribution is -0.142. The zero-order valence-corrected chi connectivity index (χ0v) is 9.27. The summed E-state index contributed by atoms with van der Waals surface area (Å²) in [4.78, 5) is 15.3. The number of carbonyl (C=O) groups excluding carboxylic acids is 1. The summed E-state index contributed by atoms with van der Waals surface area (Å²) in [6, 6.07) is 3.92. The molecule has 1 aromatic heterocycles. The van der Waals surface area contributed by atoms with Gasteiger partial charge in [0.05, 0.1) is 19.1 Å². The molecule has 4 nitrogen and oxygen atoms in total. The Morgan fingerprint density at radius 2 is 2.38 bits per heavy atom. The van der Waals surface area contributed by atoms with Gasteiger partial charge >= 0.3 is 5.97 Å². The van der Waals surface area contributed by atoms with Crippen LogP contribution in [0.3, 0.4) is 0 Å². The number of hydrogen-bond donors (Lipinski definition) is 0. The molecule has 0 fully saturated rings. The molecule has 0 aliphatic carbocycles. The van der Waals surface area contributed by atoms with Gasteiger partial charge in [0.25, 0.3) is 0 Å². The minimum atomic E-state index is -0.256. The molecular formula is C12H14N2O2. The highest BCUT2D eigenvalue weighted by Crippen LogP contribution is 2.10. The second-order valence-electron chi connectivity index (χ2n) is 3.28. The molecule has 0 saturated heterocycles. The fourth-order valence-electron chi connectivity index (χ4n) is 1.42. The fourth-order valence-corrected chi connectivity index (χ4v) is 1.42. The summed E-state index contributed by atoms with van der Waals surface area (Å²) < 4.78 is 4.87. The van der Waals surface area contributed by atoms with E-state index in [1.165, 1.54) is 0 Å². The van der Waals surface area contributed by atoms with Crippen LogP contribution in [0.25, 0.3) is 0 Å². The maximum Gasteiger partial charge on any atom is 0.310 e. The zero-order chi connectivity index (χ0) is 11.8. The highest BCUT2D eigenvalue weighted by Gasteiger charge is 2.08. The first kappa shape index (κ1) is 12.2. The SMILES string of the molecule is CCOC(=O)Cc1cnccc1CCC#N. The van der Waals surface area contributed by atoms with Gasteiger partial charge in [0.1, 0.15) is 0 Å². The highest BCUT2D eigenvalue weighted by atomic mass is 16.5. The van der Waals surface area contributed by atoms with Gasteiger partial charge in [0, 0.05) is 18.8 Å². The molecule has 0 amide bonds. The first-order valence-electron chi connectivity index (χ1n) is 5.22. The number of ether oxygens (including phenoxy) is 1. The van der Waals surface area contributed by atoms with Crippen LogP contribution < -0.4 is 0 Å². The van der Waals surface area contributed by atoms with Gasteiger partial charge in [-0.3, -0.25) is 9.78 Å². The summed E-state index contributed by atoms with van der Waals surface area (Å²) in [5, 5.41) is 8.53. The summed E-state index contributed by atoms with van der Waals surface area (Å²) in [5.41, 5.74) is 1.83.